The van der Waals surface area contributed by atoms with Crippen LogP contribution >= 0.6 is 11.3 Å². The van der Waals surface area contributed by atoms with Crippen LogP contribution in [0.1, 0.15) is 37.5 Å². The van der Waals surface area contributed by atoms with E-state index in [1.54, 1.807) is 17.7 Å². The molecule has 1 aliphatic heterocycles. The zero-order valence-electron chi connectivity index (χ0n) is 13.0. The van der Waals surface area contributed by atoms with Crippen LogP contribution in [-0.4, -0.2) is 40.4 Å². The van der Waals surface area contributed by atoms with Gasteiger partial charge >= 0.3 is 0 Å². The minimum absolute atomic E-state index is 0.247. The number of hydrogen-bond donors (Lipinski definition) is 1. The highest BCUT2D eigenvalue weighted by molar-refractivity contribution is 7.18. The Hall–Kier alpha value is -1.69. The zero-order valence-corrected chi connectivity index (χ0v) is 13.8. The van der Waals surface area contributed by atoms with Crippen LogP contribution in [-0.2, 0) is 11.2 Å². The fourth-order valence-corrected chi connectivity index (χ4v) is 3.74. The normalized spacial score (nSPS) is 15.2. The maximum Gasteiger partial charge on any atom is 0.224 e. The van der Waals surface area contributed by atoms with Crippen molar-refractivity contribution in [1.82, 2.24) is 14.9 Å². The molecule has 3 heterocycles. The first kappa shape index (κ1) is 15.2. The summed E-state index contributed by atoms with van der Waals surface area (Å²) in [6, 6.07) is 2.15. The quantitative estimate of drug-likeness (QED) is 0.920. The Morgan fingerprint density at radius 3 is 2.91 bits per heavy atom. The topological polar surface area (TPSA) is 58.1 Å². The van der Waals surface area contributed by atoms with E-state index in [2.05, 4.69) is 28.3 Å². The van der Waals surface area contributed by atoms with Crippen molar-refractivity contribution >= 4 is 33.3 Å². The molecule has 118 valence electrons. The smallest absolute Gasteiger partial charge is 0.224 e. The average Bonchev–Trinajstić information content (AvgIpc) is 2.99. The van der Waals surface area contributed by atoms with Crippen LogP contribution in [0.25, 0.3) is 10.2 Å². The highest BCUT2D eigenvalue weighted by Crippen LogP contribution is 2.28. The second-order valence-electron chi connectivity index (χ2n) is 5.63. The van der Waals surface area contributed by atoms with Gasteiger partial charge in [0.25, 0.3) is 0 Å². The summed E-state index contributed by atoms with van der Waals surface area (Å²) in [7, 11) is 0. The molecule has 1 amide bonds. The summed E-state index contributed by atoms with van der Waals surface area (Å²) in [5.74, 6) is 1.09. The van der Waals surface area contributed by atoms with Crippen LogP contribution in [0.4, 0.5) is 5.82 Å². The van der Waals surface area contributed by atoms with Gasteiger partial charge in [-0.15, -0.1) is 11.3 Å². The monoisotopic (exact) mass is 318 g/mol. The van der Waals surface area contributed by atoms with Crippen molar-refractivity contribution in [3.63, 3.8) is 0 Å². The SMILES string of the molecule is CCc1cc2c(NCCC(=O)N3CCCCC3)ncnc2s1. The number of aryl methyl sites for hydroxylation is 1. The number of likely N-dealkylation sites (tertiary alicyclic amines) is 1. The van der Waals surface area contributed by atoms with Crippen molar-refractivity contribution in [2.75, 3.05) is 25.0 Å². The van der Waals surface area contributed by atoms with E-state index < -0.39 is 0 Å². The predicted octanol–water partition coefficient (Wildman–Crippen LogP) is 3.07. The third-order valence-electron chi connectivity index (χ3n) is 4.07. The Morgan fingerprint density at radius 2 is 2.14 bits per heavy atom. The van der Waals surface area contributed by atoms with Gasteiger partial charge < -0.3 is 10.2 Å². The molecule has 0 radical (unpaired) electrons. The molecule has 5 nitrogen and oxygen atoms in total. The third kappa shape index (κ3) is 3.38. The molecule has 1 fully saturated rings. The van der Waals surface area contributed by atoms with E-state index in [-0.39, 0.29) is 5.91 Å². The second kappa shape index (κ2) is 7.05. The number of thiophene rings is 1. The van der Waals surface area contributed by atoms with Crippen molar-refractivity contribution in [3.05, 3.63) is 17.3 Å². The number of fused-ring (bicyclic) bond motifs is 1. The molecule has 22 heavy (non-hydrogen) atoms. The molecule has 0 bridgehead atoms. The van der Waals surface area contributed by atoms with Crippen LogP contribution in [0, 0.1) is 0 Å². The van der Waals surface area contributed by atoms with Crippen molar-refractivity contribution in [3.8, 4) is 0 Å². The fourth-order valence-electron chi connectivity index (χ4n) is 2.81. The summed E-state index contributed by atoms with van der Waals surface area (Å²) < 4.78 is 0. The molecule has 0 aromatic carbocycles. The number of nitrogens with one attached hydrogen (secondary N) is 1. The summed E-state index contributed by atoms with van der Waals surface area (Å²) in [6.07, 6.45) is 6.65. The average molecular weight is 318 g/mol. The summed E-state index contributed by atoms with van der Waals surface area (Å²) in [5.41, 5.74) is 0. The van der Waals surface area contributed by atoms with E-state index in [4.69, 9.17) is 0 Å². The fraction of sp³-hybridized carbons (Fsp3) is 0.562. The molecule has 6 heteroatoms. The van der Waals surface area contributed by atoms with Gasteiger partial charge in [-0.1, -0.05) is 6.92 Å². The van der Waals surface area contributed by atoms with E-state index in [1.165, 1.54) is 11.3 Å². The van der Waals surface area contributed by atoms with E-state index in [9.17, 15) is 4.79 Å². The summed E-state index contributed by atoms with van der Waals surface area (Å²) in [4.78, 5) is 25.1. The third-order valence-corrected chi connectivity index (χ3v) is 5.26. The lowest BCUT2D eigenvalue weighted by atomic mass is 10.1. The molecule has 0 aliphatic carbocycles. The molecule has 3 rings (SSSR count). The number of rotatable bonds is 5. The van der Waals surface area contributed by atoms with E-state index in [1.807, 2.05) is 4.90 Å². The van der Waals surface area contributed by atoms with Gasteiger partial charge in [-0.25, -0.2) is 9.97 Å². The maximum absolute atomic E-state index is 12.2. The lowest BCUT2D eigenvalue weighted by molar-refractivity contribution is -0.131. The number of aromatic nitrogens is 2. The van der Waals surface area contributed by atoms with Gasteiger partial charge in [0.1, 0.15) is 17.0 Å². The number of hydrogen-bond acceptors (Lipinski definition) is 5. The van der Waals surface area contributed by atoms with Crippen molar-refractivity contribution in [2.45, 2.75) is 39.0 Å². The van der Waals surface area contributed by atoms with Crippen molar-refractivity contribution in [1.29, 1.82) is 0 Å². The van der Waals surface area contributed by atoms with Gasteiger partial charge in [-0.05, 0) is 31.7 Å². The highest BCUT2D eigenvalue weighted by Gasteiger charge is 2.16. The largest absolute Gasteiger partial charge is 0.369 e. The Morgan fingerprint density at radius 1 is 1.32 bits per heavy atom. The van der Waals surface area contributed by atoms with Crippen LogP contribution in [0.3, 0.4) is 0 Å². The number of carbonyl (C=O) groups is 1. The van der Waals surface area contributed by atoms with Crippen molar-refractivity contribution < 1.29 is 4.79 Å². The zero-order chi connectivity index (χ0) is 15.4. The Bertz CT molecular complexity index is 649. The number of amides is 1. The summed E-state index contributed by atoms with van der Waals surface area (Å²) in [6.45, 7) is 4.60. The standard InChI is InChI=1S/C16H22N4OS/c1-2-12-10-13-15(18-11-19-16(13)22-12)17-7-6-14(21)20-8-4-3-5-9-20/h10-11H,2-9H2,1H3,(H,17,18,19). The first-order valence-electron chi connectivity index (χ1n) is 8.03. The Balaban J connectivity index is 1.59. The number of anilines is 1. The van der Waals surface area contributed by atoms with Crippen LogP contribution in [0.15, 0.2) is 12.4 Å². The molecule has 1 saturated heterocycles. The van der Waals surface area contributed by atoms with Gasteiger partial charge in [-0.2, -0.15) is 0 Å². The van der Waals surface area contributed by atoms with E-state index in [0.29, 0.717) is 13.0 Å². The molecular weight excluding hydrogens is 296 g/mol. The van der Waals surface area contributed by atoms with Crippen molar-refractivity contribution in [2.24, 2.45) is 0 Å². The molecule has 2 aromatic heterocycles. The van der Waals surface area contributed by atoms with Gasteiger partial charge in [0, 0.05) is 30.9 Å². The number of nitrogens with zero attached hydrogens (tertiary/aromatic N) is 3. The summed E-state index contributed by atoms with van der Waals surface area (Å²) in [5, 5.41) is 4.37. The van der Waals surface area contributed by atoms with Crippen LogP contribution in [0.5, 0.6) is 0 Å². The predicted molar refractivity (Wildman–Crippen MR) is 90.3 cm³/mol. The lowest BCUT2D eigenvalue weighted by Gasteiger charge is -2.26. The van der Waals surface area contributed by atoms with E-state index >= 15 is 0 Å². The Labute approximate surface area is 134 Å². The highest BCUT2D eigenvalue weighted by atomic mass is 32.1. The number of carbonyl (C=O) groups excluding carboxylic acids is 1. The molecule has 0 atom stereocenters. The lowest BCUT2D eigenvalue weighted by Crippen LogP contribution is -2.36. The Kier molecular flexibility index (Phi) is 4.87. The second-order valence-corrected chi connectivity index (χ2v) is 6.74. The maximum atomic E-state index is 12.2. The molecule has 0 unspecified atom stereocenters. The molecule has 1 aliphatic rings. The molecular formula is C16H22N4OS. The van der Waals surface area contributed by atoms with Crippen LogP contribution in [0.2, 0.25) is 0 Å². The first-order chi connectivity index (χ1) is 10.8. The summed E-state index contributed by atoms with van der Waals surface area (Å²) >= 11 is 1.71. The van der Waals surface area contributed by atoms with Gasteiger partial charge in [0.15, 0.2) is 0 Å². The van der Waals surface area contributed by atoms with Crippen LogP contribution < -0.4 is 5.32 Å². The minimum Gasteiger partial charge on any atom is -0.369 e. The molecule has 0 spiro atoms. The van der Waals surface area contributed by atoms with Gasteiger partial charge in [0.2, 0.25) is 5.91 Å². The first-order valence-corrected chi connectivity index (χ1v) is 8.84. The van der Waals surface area contributed by atoms with Gasteiger partial charge in [-0.3, -0.25) is 4.79 Å². The molecule has 0 saturated carbocycles. The van der Waals surface area contributed by atoms with E-state index in [0.717, 1.165) is 48.4 Å². The molecule has 2 aromatic rings. The minimum atomic E-state index is 0.247. The number of piperidine rings is 1. The van der Waals surface area contributed by atoms with Gasteiger partial charge in [0.05, 0.1) is 5.39 Å². The molecule has 1 N–H and O–H groups in total.